The van der Waals surface area contributed by atoms with Crippen LogP contribution >= 0.6 is 0 Å². The minimum absolute atomic E-state index is 0.0684. The van der Waals surface area contributed by atoms with E-state index in [0.717, 1.165) is 5.56 Å². The first-order valence-corrected chi connectivity index (χ1v) is 13.2. The molecule has 5 nitrogen and oxygen atoms in total. The van der Waals surface area contributed by atoms with Gasteiger partial charge in [0.25, 0.3) is 0 Å². The molecule has 0 bridgehead atoms. The third-order valence-corrected chi connectivity index (χ3v) is 7.60. The van der Waals surface area contributed by atoms with Crippen LogP contribution in [0.25, 0.3) is 0 Å². The highest BCUT2D eigenvalue weighted by atomic mass is 19.4. The normalized spacial score (nSPS) is 22.7. The highest BCUT2D eigenvalue weighted by Crippen LogP contribution is 2.50. The second-order valence-corrected chi connectivity index (χ2v) is 11.8. The summed E-state index contributed by atoms with van der Waals surface area (Å²) in [6, 6.07) is 10.3. The number of aliphatic carboxylic acids is 1. The van der Waals surface area contributed by atoms with Crippen LogP contribution in [0.15, 0.2) is 48.5 Å². The van der Waals surface area contributed by atoms with E-state index in [9.17, 15) is 41.0 Å². The average Bonchev–Trinajstić information content (AvgIpc) is 2.86. The number of alkyl halides is 6. The zero-order valence-corrected chi connectivity index (χ0v) is 23.3. The van der Waals surface area contributed by atoms with Crippen molar-refractivity contribution in [1.29, 1.82) is 0 Å². The van der Waals surface area contributed by atoms with E-state index in [4.69, 9.17) is 9.47 Å². The zero-order chi connectivity index (χ0) is 30.9. The van der Waals surface area contributed by atoms with Crippen LogP contribution in [0.4, 0.5) is 26.3 Å². The van der Waals surface area contributed by atoms with Crippen LogP contribution in [0.5, 0.6) is 0 Å². The van der Waals surface area contributed by atoms with Crippen LogP contribution in [-0.2, 0) is 36.8 Å². The Morgan fingerprint density at radius 3 is 1.83 bits per heavy atom. The van der Waals surface area contributed by atoms with Crippen molar-refractivity contribution in [3.8, 4) is 0 Å². The van der Waals surface area contributed by atoms with Crippen molar-refractivity contribution >= 4 is 11.9 Å². The van der Waals surface area contributed by atoms with Gasteiger partial charge in [-0.1, -0.05) is 30.3 Å². The van der Waals surface area contributed by atoms with Crippen molar-refractivity contribution < 1.29 is 50.5 Å². The molecule has 0 unspecified atom stereocenters. The van der Waals surface area contributed by atoms with Gasteiger partial charge in [0.15, 0.2) is 0 Å². The first kappa shape index (κ1) is 32.4. The molecule has 1 aliphatic carbocycles. The van der Waals surface area contributed by atoms with Gasteiger partial charge >= 0.3 is 24.3 Å². The Hall–Kier alpha value is -3.08. The smallest absolute Gasteiger partial charge is 0.416 e. The molecule has 1 aliphatic rings. The molecule has 226 valence electrons. The van der Waals surface area contributed by atoms with Crippen molar-refractivity contribution in [2.45, 2.75) is 89.3 Å². The molecule has 1 atom stereocenters. The molecule has 0 saturated heterocycles. The molecule has 0 radical (unpaired) electrons. The Morgan fingerprint density at radius 2 is 1.39 bits per heavy atom. The van der Waals surface area contributed by atoms with Crippen molar-refractivity contribution in [1.82, 2.24) is 0 Å². The van der Waals surface area contributed by atoms with Crippen LogP contribution in [-0.4, -0.2) is 29.3 Å². The molecule has 1 saturated carbocycles. The van der Waals surface area contributed by atoms with Crippen molar-refractivity contribution in [3.05, 3.63) is 70.8 Å². The molecule has 0 spiro atoms. The predicted octanol–water partition coefficient (Wildman–Crippen LogP) is 8.12. The number of hydrogen-bond donors (Lipinski definition) is 1. The Bertz CT molecular complexity index is 1190. The summed E-state index contributed by atoms with van der Waals surface area (Å²) in [7, 11) is 0. The predicted molar refractivity (Wildman–Crippen MR) is 138 cm³/mol. The number of esters is 1. The minimum atomic E-state index is -4.99. The van der Waals surface area contributed by atoms with E-state index in [2.05, 4.69) is 0 Å². The van der Waals surface area contributed by atoms with E-state index >= 15 is 0 Å². The van der Waals surface area contributed by atoms with Gasteiger partial charge in [-0.2, -0.15) is 26.3 Å². The Morgan fingerprint density at radius 1 is 0.878 bits per heavy atom. The number of benzene rings is 2. The summed E-state index contributed by atoms with van der Waals surface area (Å²) in [5.74, 6) is -1.77. The lowest BCUT2D eigenvalue weighted by Crippen LogP contribution is -2.45. The van der Waals surface area contributed by atoms with E-state index in [-0.39, 0.29) is 50.3 Å². The van der Waals surface area contributed by atoms with Gasteiger partial charge in [0, 0.05) is 5.41 Å². The quantitative estimate of drug-likeness (QED) is 0.249. The number of carbonyl (C=O) groups excluding carboxylic acids is 1. The van der Waals surface area contributed by atoms with E-state index in [0.29, 0.717) is 12.1 Å². The molecule has 1 fully saturated rings. The van der Waals surface area contributed by atoms with Crippen LogP contribution in [0, 0.1) is 5.41 Å². The highest BCUT2D eigenvalue weighted by Gasteiger charge is 2.50. The Kier molecular flexibility index (Phi) is 9.22. The van der Waals surface area contributed by atoms with Crippen molar-refractivity contribution in [3.63, 3.8) is 0 Å². The number of halogens is 6. The third-order valence-electron chi connectivity index (χ3n) is 7.60. The second kappa shape index (κ2) is 11.7. The lowest BCUT2D eigenvalue weighted by molar-refractivity contribution is -0.167. The molecular weight excluding hydrogens is 554 g/mol. The third kappa shape index (κ3) is 8.02. The molecule has 41 heavy (non-hydrogen) atoms. The fraction of sp³-hybridized carbons (Fsp3) is 0.533. The minimum Gasteiger partial charge on any atom is -0.481 e. The summed E-state index contributed by atoms with van der Waals surface area (Å²) in [6.45, 7) is 6.33. The van der Waals surface area contributed by atoms with Crippen molar-refractivity contribution in [2.24, 2.45) is 5.41 Å². The molecule has 3 rings (SSSR count). The van der Waals surface area contributed by atoms with Gasteiger partial charge in [0.1, 0.15) is 5.60 Å². The molecule has 2 aromatic rings. The summed E-state index contributed by atoms with van der Waals surface area (Å²) in [5, 5.41) is 10.1. The molecule has 0 aromatic heterocycles. The number of ether oxygens (including phenoxy) is 2. The monoisotopic (exact) mass is 588 g/mol. The number of carboxylic acids is 1. The summed E-state index contributed by atoms with van der Waals surface area (Å²) in [6.07, 6.45) is -10.7. The highest BCUT2D eigenvalue weighted by molar-refractivity contribution is 5.82. The Labute approximate surface area is 234 Å². The zero-order valence-electron chi connectivity index (χ0n) is 23.3. The maximum atomic E-state index is 13.4. The van der Waals surface area contributed by atoms with E-state index in [1.165, 1.54) is 6.92 Å². The maximum absolute atomic E-state index is 13.4. The topological polar surface area (TPSA) is 72.8 Å². The van der Waals surface area contributed by atoms with Crippen LogP contribution in [0.2, 0.25) is 0 Å². The summed E-state index contributed by atoms with van der Waals surface area (Å²) >= 11 is 0. The largest absolute Gasteiger partial charge is 0.481 e. The summed E-state index contributed by atoms with van der Waals surface area (Å²) < 4.78 is 91.7. The standard InChI is InChI=1S/C30H34F6O5/c1-19(20-14-22(29(31,32)33)16-23(15-20)30(34,35)36)40-18-28(21-8-6-5-7-9-21)12-10-27(11-13-28,25(38)39)17-24(37)41-26(2,3)4/h5-9,14-16,19H,10-13,17-18H2,1-4H3,(H,38,39)/t19-,27?,28?/m1/s1. The molecular formula is C30H34F6O5. The summed E-state index contributed by atoms with van der Waals surface area (Å²) in [4.78, 5) is 24.9. The lowest BCUT2D eigenvalue weighted by Gasteiger charge is -2.45. The number of rotatable bonds is 8. The SMILES string of the molecule is C[C@@H](OCC1(c2ccccc2)CCC(CC(=O)OC(C)(C)C)(C(=O)O)CC1)c1cc(C(F)(F)F)cc(C(F)(F)F)c1. The fourth-order valence-electron chi connectivity index (χ4n) is 5.23. The number of carboxylic acid groups (broad SMARTS) is 1. The first-order valence-electron chi connectivity index (χ1n) is 13.2. The number of hydrogen-bond acceptors (Lipinski definition) is 4. The van der Waals surface area contributed by atoms with E-state index < -0.39 is 58.0 Å². The lowest BCUT2D eigenvalue weighted by atomic mass is 9.60. The number of carbonyl (C=O) groups is 2. The summed E-state index contributed by atoms with van der Waals surface area (Å²) in [5.41, 5.74) is -5.30. The van der Waals surface area contributed by atoms with Gasteiger partial charge in [0.05, 0.1) is 35.7 Å². The molecule has 2 aromatic carbocycles. The van der Waals surface area contributed by atoms with E-state index in [1.54, 1.807) is 39.0 Å². The van der Waals surface area contributed by atoms with Gasteiger partial charge in [-0.25, -0.2) is 0 Å². The van der Waals surface area contributed by atoms with Crippen LogP contribution in [0.3, 0.4) is 0 Å². The van der Waals surface area contributed by atoms with Crippen LogP contribution in [0.1, 0.15) is 88.2 Å². The van der Waals surface area contributed by atoms with Crippen LogP contribution < -0.4 is 0 Å². The fourth-order valence-corrected chi connectivity index (χ4v) is 5.23. The second-order valence-electron chi connectivity index (χ2n) is 11.8. The molecule has 0 aliphatic heterocycles. The molecule has 0 heterocycles. The average molecular weight is 589 g/mol. The van der Waals surface area contributed by atoms with Gasteiger partial charge in [-0.3, -0.25) is 9.59 Å². The van der Waals surface area contributed by atoms with Gasteiger partial charge in [0.2, 0.25) is 0 Å². The van der Waals surface area contributed by atoms with Gasteiger partial charge in [-0.15, -0.1) is 0 Å². The van der Waals surface area contributed by atoms with Gasteiger partial charge in [-0.05, 0) is 82.7 Å². The molecule has 0 amide bonds. The first-order chi connectivity index (χ1) is 18.8. The maximum Gasteiger partial charge on any atom is 0.416 e. The van der Waals surface area contributed by atoms with Gasteiger partial charge < -0.3 is 14.6 Å². The van der Waals surface area contributed by atoms with Crippen molar-refractivity contribution in [2.75, 3.05) is 6.61 Å². The Balaban J connectivity index is 1.88. The molecule has 11 heteroatoms. The molecule has 1 N–H and O–H groups in total. The van der Waals surface area contributed by atoms with E-state index in [1.807, 2.05) is 12.1 Å².